The summed E-state index contributed by atoms with van der Waals surface area (Å²) in [6.45, 7) is 0. The van der Waals surface area contributed by atoms with Crippen LogP contribution in [0.15, 0.2) is 60.7 Å². The molecule has 0 saturated heterocycles. The Balaban J connectivity index is 1.83. The van der Waals surface area contributed by atoms with Gasteiger partial charge < -0.3 is 5.21 Å². The Kier molecular flexibility index (Phi) is 4.68. The Morgan fingerprint density at radius 3 is 2.00 bits per heavy atom. The van der Waals surface area contributed by atoms with E-state index in [1.165, 1.54) is 0 Å². The molecule has 0 amide bonds. The average molecular weight is 274 g/mol. The van der Waals surface area contributed by atoms with E-state index in [4.69, 9.17) is 12.2 Å². The predicted octanol–water partition coefficient (Wildman–Crippen LogP) is 1.30. The highest BCUT2D eigenvalue weighted by Crippen LogP contribution is 2.02. The molecule has 0 aromatic heterocycles. The fourth-order valence-corrected chi connectivity index (χ4v) is 1.52. The smallest absolute Gasteiger partial charge is 0.312 e. The third-order valence-corrected chi connectivity index (χ3v) is 2.62. The summed E-state index contributed by atoms with van der Waals surface area (Å²) in [7, 11) is 0. The van der Waals surface area contributed by atoms with Gasteiger partial charge in [-0.15, -0.1) is 0 Å². The molecule has 2 aromatic rings. The van der Waals surface area contributed by atoms with E-state index in [-0.39, 0.29) is 10.3 Å². The average Bonchev–Trinajstić information content (AvgIpc) is 2.47. The highest BCUT2D eigenvalue weighted by Gasteiger charge is 2.05. The van der Waals surface area contributed by atoms with Crippen LogP contribution in [-0.2, 0) is 0 Å². The van der Waals surface area contributed by atoms with Gasteiger partial charge in [0.1, 0.15) is 0 Å². The summed E-state index contributed by atoms with van der Waals surface area (Å²) >= 11 is 4.99. The largest absolute Gasteiger partial charge is 0.601 e. The molecule has 1 unspecified atom stereocenters. The van der Waals surface area contributed by atoms with Gasteiger partial charge in [0.25, 0.3) is 0 Å². The van der Waals surface area contributed by atoms with Gasteiger partial charge in [-0.2, -0.15) is 0 Å². The van der Waals surface area contributed by atoms with Crippen molar-refractivity contribution < 1.29 is 5.17 Å². The first-order valence-corrected chi connectivity index (χ1v) is 6.14. The standard InChI is InChI=1S/C13H14N4OS/c18-17(16-12-9-5-2-6-10-12)13(19)15-14-11-7-3-1-4-8-11/h1-10,14,16-17H,(H,15,19). The summed E-state index contributed by atoms with van der Waals surface area (Å²) in [4.78, 5) is 0. The highest BCUT2D eigenvalue weighted by molar-refractivity contribution is 7.79. The number of para-hydroxylation sites is 2. The van der Waals surface area contributed by atoms with Crippen LogP contribution in [0.1, 0.15) is 0 Å². The number of hydrazine groups is 1. The minimum Gasteiger partial charge on any atom is -0.601 e. The van der Waals surface area contributed by atoms with Crippen molar-refractivity contribution in [3.63, 3.8) is 0 Å². The van der Waals surface area contributed by atoms with E-state index in [0.29, 0.717) is 5.69 Å². The van der Waals surface area contributed by atoms with E-state index in [1.807, 2.05) is 48.5 Å². The van der Waals surface area contributed by atoms with Crippen molar-refractivity contribution in [2.45, 2.75) is 0 Å². The molecule has 5 nitrogen and oxygen atoms in total. The molecule has 0 spiro atoms. The summed E-state index contributed by atoms with van der Waals surface area (Å²) in [5.41, 5.74) is 9.78. The van der Waals surface area contributed by atoms with Crippen LogP contribution in [0, 0.1) is 5.21 Å². The van der Waals surface area contributed by atoms with E-state index in [9.17, 15) is 5.21 Å². The Bertz CT molecular complexity index is 521. The molecule has 0 radical (unpaired) electrons. The van der Waals surface area contributed by atoms with Gasteiger partial charge in [-0.25, -0.2) is 16.0 Å². The maximum atomic E-state index is 11.8. The van der Waals surface area contributed by atoms with Crippen LogP contribution in [0.4, 0.5) is 11.4 Å². The van der Waals surface area contributed by atoms with Crippen molar-refractivity contribution in [2.75, 3.05) is 10.9 Å². The van der Waals surface area contributed by atoms with Crippen molar-refractivity contribution in [3.05, 3.63) is 65.9 Å². The van der Waals surface area contributed by atoms with E-state index in [2.05, 4.69) is 16.3 Å². The zero-order valence-electron chi connectivity index (χ0n) is 10.1. The van der Waals surface area contributed by atoms with Crippen LogP contribution in [0.3, 0.4) is 0 Å². The first kappa shape index (κ1) is 13.3. The Morgan fingerprint density at radius 2 is 1.42 bits per heavy atom. The first-order chi connectivity index (χ1) is 9.25. The fraction of sp³-hybridized carbons (Fsp3) is 0. The number of hydroxylamine groups is 1. The second kappa shape index (κ2) is 6.69. The maximum Gasteiger partial charge on any atom is 0.312 e. The number of rotatable bonds is 4. The second-order valence-corrected chi connectivity index (χ2v) is 4.17. The SMILES string of the molecule is [O-][NH+](Nc1ccccc1)C(=S)NNc1ccccc1. The van der Waals surface area contributed by atoms with Crippen molar-refractivity contribution in [1.29, 1.82) is 0 Å². The topological polar surface area (TPSA) is 63.6 Å². The molecule has 4 N–H and O–H groups in total. The number of nitrogens with one attached hydrogen (secondary N) is 4. The van der Waals surface area contributed by atoms with E-state index in [0.717, 1.165) is 5.69 Å². The Hall–Kier alpha value is -2.15. The second-order valence-electron chi connectivity index (χ2n) is 3.77. The molecule has 1 atom stereocenters. The van der Waals surface area contributed by atoms with Gasteiger partial charge in [-0.3, -0.25) is 5.43 Å². The van der Waals surface area contributed by atoms with Crippen molar-refractivity contribution in [1.82, 2.24) is 5.43 Å². The Morgan fingerprint density at radius 1 is 0.895 bits per heavy atom. The molecule has 0 heterocycles. The highest BCUT2D eigenvalue weighted by atomic mass is 32.1. The lowest BCUT2D eigenvalue weighted by molar-refractivity contribution is -0.720. The van der Waals surface area contributed by atoms with Gasteiger partial charge in [-0.05, 0) is 24.3 Å². The molecule has 0 aliphatic heterocycles. The number of hydrogen-bond donors (Lipinski definition) is 4. The monoisotopic (exact) mass is 274 g/mol. The number of hydrogen-bond acceptors (Lipinski definition) is 4. The van der Waals surface area contributed by atoms with Gasteiger partial charge in [0.05, 0.1) is 11.4 Å². The summed E-state index contributed by atoms with van der Waals surface area (Å²) in [6, 6.07) is 18.6. The summed E-state index contributed by atoms with van der Waals surface area (Å²) in [6.07, 6.45) is 0. The molecule has 6 heteroatoms. The molecule has 19 heavy (non-hydrogen) atoms. The van der Waals surface area contributed by atoms with E-state index >= 15 is 0 Å². The normalized spacial score (nSPS) is 11.4. The molecule has 2 aromatic carbocycles. The lowest BCUT2D eigenvalue weighted by atomic mass is 10.3. The van der Waals surface area contributed by atoms with Gasteiger partial charge >= 0.3 is 5.11 Å². The maximum absolute atomic E-state index is 11.8. The first-order valence-electron chi connectivity index (χ1n) is 5.73. The third kappa shape index (κ3) is 4.22. The zero-order valence-corrected chi connectivity index (χ0v) is 10.9. The summed E-state index contributed by atoms with van der Waals surface area (Å²) in [5, 5.41) is 11.5. The van der Waals surface area contributed by atoms with Gasteiger partial charge in [-0.1, -0.05) is 36.4 Å². The molecular weight excluding hydrogens is 260 g/mol. The molecule has 0 aliphatic carbocycles. The number of thiocarbonyl (C=S) groups is 1. The minimum absolute atomic E-state index is 0.0766. The van der Waals surface area contributed by atoms with Crippen LogP contribution in [0.25, 0.3) is 0 Å². The minimum atomic E-state index is -0.357. The van der Waals surface area contributed by atoms with E-state index < -0.39 is 0 Å². The van der Waals surface area contributed by atoms with Crippen LogP contribution in [0.5, 0.6) is 0 Å². The van der Waals surface area contributed by atoms with Crippen LogP contribution in [0.2, 0.25) is 0 Å². The van der Waals surface area contributed by atoms with Gasteiger partial charge in [0.2, 0.25) is 0 Å². The molecule has 2 rings (SSSR count). The number of anilines is 2. The molecule has 98 valence electrons. The van der Waals surface area contributed by atoms with Crippen molar-refractivity contribution in [3.8, 4) is 0 Å². The molecule has 0 bridgehead atoms. The lowest BCUT2D eigenvalue weighted by Gasteiger charge is -2.23. The zero-order chi connectivity index (χ0) is 13.5. The number of benzene rings is 2. The summed E-state index contributed by atoms with van der Waals surface area (Å²) < 4.78 is 0. The third-order valence-electron chi connectivity index (χ3n) is 2.33. The molecule has 0 fully saturated rings. The molecule has 0 aliphatic rings. The van der Waals surface area contributed by atoms with Crippen LogP contribution in [-0.4, -0.2) is 5.11 Å². The van der Waals surface area contributed by atoms with E-state index in [1.54, 1.807) is 12.1 Å². The van der Waals surface area contributed by atoms with Crippen LogP contribution >= 0.6 is 12.2 Å². The fourth-order valence-electron chi connectivity index (χ4n) is 1.42. The van der Waals surface area contributed by atoms with Crippen molar-refractivity contribution in [2.24, 2.45) is 0 Å². The summed E-state index contributed by atoms with van der Waals surface area (Å²) in [5.74, 6) is 0. The number of quaternary nitrogens is 1. The lowest BCUT2D eigenvalue weighted by Crippen LogP contribution is -3.14. The Labute approximate surface area is 116 Å². The van der Waals surface area contributed by atoms with Gasteiger partial charge in [0, 0.05) is 12.2 Å². The van der Waals surface area contributed by atoms with Crippen molar-refractivity contribution >= 4 is 28.7 Å². The predicted molar refractivity (Wildman–Crippen MR) is 80.2 cm³/mol. The molecular formula is C13H14N4OS. The van der Waals surface area contributed by atoms with Crippen LogP contribution < -0.4 is 21.4 Å². The quantitative estimate of drug-likeness (QED) is 0.500. The molecule has 0 saturated carbocycles. The van der Waals surface area contributed by atoms with Gasteiger partial charge in [0.15, 0.2) is 0 Å².